The molecule has 32 heavy (non-hydrogen) atoms. The molecule has 7 heteroatoms. The molecule has 3 aromatic rings. The van der Waals surface area contributed by atoms with Crippen molar-refractivity contribution in [2.75, 3.05) is 31.6 Å². The molecule has 0 spiro atoms. The minimum Gasteiger partial charge on any atom is -0.491 e. The van der Waals surface area contributed by atoms with Crippen molar-refractivity contribution in [3.63, 3.8) is 0 Å². The monoisotopic (exact) mass is 436 g/mol. The molecule has 2 fully saturated rings. The molecule has 2 aliphatic rings. The predicted octanol–water partition coefficient (Wildman–Crippen LogP) is 4.17. The number of H-pyrrole nitrogens is 1. The van der Waals surface area contributed by atoms with Crippen molar-refractivity contribution in [3.8, 4) is 5.75 Å². The second-order valence-electron chi connectivity index (χ2n) is 9.30. The molecule has 0 unspecified atom stereocenters. The van der Waals surface area contributed by atoms with Gasteiger partial charge in [-0.25, -0.2) is 0 Å². The van der Waals surface area contributed by atoms with Crippen molar-refractivity contribution < 1.29 is 14.2 Å². The first-order valence-electron chi connectivity index (χ1n) is 11.5. The summed E-state index contributed by atoms with van der Waals surface area (Å²) in [5, 5.41) is 12.0. The first-order valence-corrected chi connectivity index (χ1v) is 11.5. The van der Waals surface area contributed by atoms with Gasteiger partial charge in [-0.2, -0.15) is 5.10 Å². The zero-order valence-electron chi connectivity index (χ0n) is 18.8. The Kier molecular flexibility index (Phi) is 6.04. The summed E-state index contributed by atoms with van der Waals surface area (Å²) in [4.78, 5) is 2.52. The third-order valence-electron chi connectivity index (χ3n) is 6.12. The van der Waals surface area contributed by atoms with Crippen LogP contribution in [0.1, 0.15) is 32.3 Å². The molecule has 2 saturated heterocycles. The maximum absolute atomic E-state index is 6.00. The van der Waals surface area contributed by atoms with Gasteiger partial charge in [0, 0.05) is 30.2 Å². The van der Waals surface area contributed by atoms with Crippen LogP contribution < -0.4 is 10.1 Å². The number of likely N-dealkylation sites (tertiary alicyclic amines) is 1. The summed E-state index contributed by atoms with van der Waals surface area (Å²) in [5.74, 6) is 0.370. The van der Waals surface area contributed by atoms with Crippen LogP contribution in [-0.4, -0.2) is 59.3 Å². The molecule has 1 aromatic heterocycles. The molecule has 2 N–H and O–H groups in total. The van der Waals surface area contributed by atoms with Crippen LogP contribution in [0, 0.1) is 0 Å². The number of ether oxygens (including phenoxy) is 3. The quantitative estimate of drug-likeness (QED) is 0.579. The lowest BCUT2D eigenvalue weighted by Gasteiger charge is -2.33. The van der Waals surface area contributed by atoms with E-state index < -0.39 is 5.79 Å². The van der Waals surface area contributed by atoms with E-state index in [1.165, 1.54) is 18.4 Å². The third kappa shape index (κ3) is 5.23. The summed E-state index contributed by atoms with van der Waals surface area (Å²) >= 11 is 0. The Morgan fingerprint density at radius 2 is 2.19 bits per heavy atom. The number of hydrogen-bond donors (Lipinski definition) is 2. The van der Waals surface area contributed by atoms with E-state index in [4.69, 9.17) is 14.2 Å². The van der Waals surface area contributed by atoms with Crippen LogP contribution in [-0.2, 0) is 16.0 Å². The lowest BCUT2D eigenvalue weighted by Crippen LogP contribution is -2.41. The standard InChI is InChI=1S/C25H32N4O3/c1-25(2)31-17-23(32-25)16-30-22-7-3-5-18(11-22)14-29-10-4-6-21(15-29)27-20-8-9-24-19(12-20)13-26-28-24/h3,5,7-9,11-13,21,23,27H,4,6,10,14-17H2,1-2H3,(H,26,28)/t21-,23+/m1/s1. The Labute approximate surface area is 189 Å². The van der Waals surface area contributed by atoms with Crippen molar-refractivity contribution >= 4 is 16.6 Å². The molecule has 2 aliphatic heterocycles. The number of rotatable bonds is 7. The fraction of sp³-hybridized carbons (Fsp3) is 0.480. The molecule has 0 amide bonds. The number of anilines is 1. The average molecular weight is 437 g/mol. The lowest BCUT2D eigenvalue weighted by molar-refractivity contribution is -0.141. The molecule has 0 bridgehead atoms. The SMILES string of the molecule is CC1(C)OC[C@H](COc2cccc(CN3CCC[C@@H](Nc4ccc5[nH]ncc5c4)C3)c2)O1. The lowest BCUT2D eigenvalue weighted by atomic mass is 10.0. The van der Waals surface area contributed by atoms with E-state index in [2.05, 4.69) is 56.8 Å². The summed E-state index contributed by atoms with van der Waals surface area (Å²) in [5.41, 5.74) is 3.49. The van der Waals surface area contributed by atoms with Gasteiger partial charge in [0.1, 0.15) is 18.5 Å². The Balaban J connectivity index is 1.14. The number of aromatic nitrogens is 2. The van der Waals surface area contributed by atoms with Crippen molar-refractivity contribution in [2.45, 2.75) is 51.2 Å². The molecule has 7 nitrogen and oxygen atoms in total. The molecule has 5 rings (SSSR count). The van der Waals surface area contributed by atoms with E-state index >= 15 is 0 Å². The van der Waals surface area contributed by atoms with Gasteiger partial charge in [-0.1, -0.05) is 12.1 Å². The van der Waals surface area contributed by atoms with E-state index in [-0.39, 0.29) is 6.10 Å². The van der Waals surface area contributed by atoms with Gasteiger partial charge in [-0.15, -0.1) is 0 Å². The van der Waals surface area contributed by atoms with Gasteiger partial charge < -0.3 is 19.5 Å². The van der Waals surface area contributed by atoms with Gasteiger partial charge in [0.25, 0.3) is 0 Å². The highest BCUT2D eigenvalue weighted by molar-refractivity contribution is 5.81. The number of fused-ring (bicyclic) bond motifs is 1. The molecule has 2 atom stereocenters. The molecular formula is C25H32N4O3. The van der Waals surface area contributed by atoms with Crippen LogP contribution in [0.4, 0.5) is 5.69 Å². The Bertz CT molecular complexity index is 1050. The molecule has 170 valence electrons. The number of piperidine rings is 1. The van der Waals surface area contributed by atoms with Crippen LogP contribution in [0.5, 0.6) is 5.75 Å². The highest BCUT2D eigenvalue weighted by Crippen LogP contribution is 2.24. The van der Waals surface area contributed by atoms with E-state index in [1.807, 2.05) is 26.1 Å². The summed E-state index contributed by atoms with van der Waals surface area (Å²) in [6, 6.07) is 15.2. The summed E-state index contributed by atoms with van der Waals surface area (Å²) in [6.07, 6.45) is 4.22. The second kappa shape index (κ2) is 9.10. The normalized spacial score (nSPS) is 23.4. The zero-order valence-corrected chi connectivity index (χ0v) is 18.8. The van der Waals surface area contributed by atoms with E-state index in [0.717, 1.165) is 42.0 Å². The minimum atomic E-state index is -0.515. The van der Waals surface area contributed by atoms with Crippen LogP contribution in [0.2, 0.25) is 0 Å². The summed E-state index contributed by atoms with van der Waals surface area (Å²) in [6.45, 7) is 8.01. The molecule has 0 aliphatic carbocycles. The highest BCUT2D eigenvalue weighted by atomic mass is 16.7. The smallest absolute Gasteiger partial charge is 0.163 e. The molecule has 2 aromatic carbocycles. The predicted molar refractivity (Wildman–Crippen MR) is 125 cm³/mol. The largest absolute Gasteiger partial charge is 0.491 e. The van der Waals surface area contributed by atoms with Crippen LogP contribution in [0.25, 0.3) is 10.9 Å². The van der Waals surface area contributed by atoms with Gasteiger partial charge >= 0.3 is 0 Å². The maximum atomic E-state index is 6.00. The molecule has 0 saturated carbocycles. The summed E-state index contributed by atoms with van der Waals surface area (Å²) in [7, 11) is 0. The number of aromatic amines is 1. The minimum absolute atomic E-state index is 0.0242. The van der Waals surface area contributed by atoms with E-state index in [1.54, 1.807) is 0 Å². The number of hydrogen-bond acceptors (Lipinski definition) is 6. The number of benzene rings is 2. The van der Waals surface area contributed by atoms with Gasteiger partial charge in [0.15, 0.2) is 5.79 Å². The molecule has 3 heterocycles. The fourth-order valence-electron chi connectivity index (χ4n) is 4.61. The van der Waals surface area contributed by atoms with Gasteiger partial charge in [-0.05, 0) is 69.1 Å². The van der Waals surface area contributed by atoms with Crippen LogP contribution in [0.3, 0.4) is 0 Å². The van der Waals surface area contributed by atoms with Gasteiger partial charge in [0.2, 0.25) is 0 Å². The maximum Gasteiger partial charge on any atom is 0.163 e. The van der Waals surface area contributed by atoms with Crippen LogP contribution in [0.15, 0.2) is 48.7 Å². The topological polar surface area (TPSA) is 71.6 Å². The Morgan fingerprint density at radius 1 is 1.25 bits per heavy atom. The van der Waals surface area contributed by atoms with E-state index in [9.17, 15) is 0 Å². The van der Waals surface area contributed by atoms with Gasteiger partial charge in [-0.3, -0.25) is 10.00 Å². The van der Waals surface area contributed by atoms with E-state index in [0.29, 0.717) is 19.3 Å². The number of nitrogens with one attached hydrogen (secondary N) is 2. The molecule has 0 radical (unpaired) electrons. The first kappa shape index (κ1) is 21.2. The second-order valence-corrected chi connectivity index (χ2v) is 9.30. The summed E-state index contributed by atoms with van der Waals surface area (Å²) < 4.78 is 17.4. The Morgan fingerprint density at radius 3 is 3.06 bits per heavy atom. The first-order chi connectivity index (χ1) is 15.5. The van der Waals surface area contributed by atoms with Gasteiger partial charge in [0.05, 0.1) is 18.3 Å². The molecular weight excluding hydrogens is 404 g/mol. The zero-order chi connectivity index (χ0) is 22.0. The van der Waals surface area contributed by atoms with Crippen LogP contribution >= 0.6 is 0 Å². The Hall–Kier alpha value is -2.61. The highest BCUT2D eigenvalue weighted by Gasteiger charge is 2.33. The van der Waals surface area contributed by atoms with Crippen molar-refractivity contribution in [2.24, 2.45) is 0 Å². The van der Waals surface area contributed by atoms with Crippen molar-refractivity contribution in [1.82, 2.24) is 15.1 Å². The fourth-order valence-corrected chi connectivity index (χ4v) is 4.61. The average Bonchev–Trinajstić information content (AvgIpc) is 3.38. The third-order valence-corrected chi connectivity index (χ3v) is 6.12. The van der Waals surface area contributed by atoms with Crippen molar-refractivity contribution in [3.05, 3.63) is 54.2 Å². The van der Waals surface area contributed by atoms with Crippen molar-refractivity contribution in [1.29, 1.82) is 0 Å². The number of nitrogens with zero attached hydrogens (tertiary/aromatic N) is 2.